The van der Waals surface area contributed by atoms with Crippen LogP contribution in [0.4, 0.5) is 0 Å². The van der Waals surface area contributed by atoms with Gasteiger partial charge in [-0.05, 0) is 12.8 Å². The number of cyclic esters (lactones) is 1. The summed E-state index contributed by atoms with van der Waals surface area (Å²) in [6.07, 6.45) is 1.03. The van der Waals surface area contributed by atoms with E-state index in [0.717, 1.165) is 0 Å². The molecule has 1 heterocycles. The highest BCUT2D eigenvalue weighted by Crippen LogP contribution is 2.70. The highest BCUT2D eigenvalue weighted by atomic mass is 16.5. The predicted octanol–water partition coefficient (Wildman–Crippen LogP) is 0.414. The first-order valence-corrected chi connectivity index (χ1v) is 4.00. The van der Waals surface area contributed by atoms with Crippen molar-refractivity contribution >= 4 is 11.9 Å². The van der Waals surface area contributed by atoms with Gasteiger partial charge in [0.2, 0.25) is 0 Å². The molecular weight excluding hydrogens is 160 g/mol. The van der Waals surface area contributed by atoms with Crippen molar-refractivity contribution in [2.45, 2.75) is 19.8 Å². The highest BCUT2D eigenvalue weighted by molar-refractivity contribution is 5.96. The van der Waals surface area contributed by atoms with E-state index in [0.29, 0.717) is 12.8 Å². The lowest BCUT2D eigenvalue weighted by Gasteiger charge is -2.05. The summed E-state index contributed by atoms with van der Waals surface area (Å²) in [4.78, 5) is 22.0. The molecule has 1 N–H and O–H groups in total. The summed E-state index contributed by atoms with van der Waals surface area (Å²) >= 11 is 0. The Hall–Kier alpha value is -1.06. The molecule has 1 saturated carbocycles. The minimum absolute atomic E-state index is 0.0645. The maximum atomic E-state index is 11.2. The Morgan fingerprint density at radius 1 is 1.75 bits per heavy atom. The quantitative estimate of drug-likeness (QED) is 0.610. The van der Waals surface area contributed by atoms with Crippen LogP contribution in [0, 0.1) is 10.8 Å². The fraction of sp³-hybridized carbons (Fsp3) is 0.750. The van der Waals surface area contributed by atoms with E-state index in [9.17, 15) is 9.59 Å². The van der Waals surface area contributed by atoms with Crippen LogP contribution in [0.2, 0.25) is 0 Å². The number of ether oxygens (including phenoxy) is 1. The second-order valence-electron chi connectivity index (χ2n) is 3.58. The van der Waals surface area contributed by atoms with Crippen LogP contribution in [0.15, 0.2) is 0 Å². The maximum absolute atomic E-state index is 11.2. The van der Waals surface area contributed by atoms with Crippen LogP contribution in [0.5, 0.6) is 0 Å². The van der Waals surface area contributed by atoms with Crippen molar-refractivity contribution in [2.75, 3.05) is 6.61 Å². The molecule has 2 aliphatic rings. The number of aliphatic carboxylic acids is 1. The van der Waals surface area contributed by atoms with E-state index < -0.39 is 16.8 Å². The van der Waals surface area contributed by atoms with Gasteiger partial charge in [-0.1, -0.05) is 6.92 Å². The first kappa shape index (κ1) is 7.58. The van der Waals surface area contributed by atoms with Crippen LogP contribution in [0.1, 0.15) is 19.8 Å². The van der Waals surface area contributed by atoms with Gasteiger partial charge in [0.25, 0.3) is 0 Å². The summed E-state index contributed by atoms with van der Waals surface area (Å²) in [5.74, 6) is -1.22. The monoisotopic (exact) mass is 170 g/mol. The molecular formula is C8H10O4. The second-order valence-corrected chi connectivity index (χ2v) is 3.58. The number of hydrogen-bond acceptors (Lipinski definition) is 3. The molecule has 1 saturated heterocycles. The van der Waals surface area contributed by atoms with Crippen LogP contribution < -0.4 is 0 Å². The van der Waals surface area contributed by atoms with E-state index in [2.05, 4.69) is 0 Å². The van der Waals surface area contributed by atoms with Gasteiger partial charge in [-0.3, -0.25) is 9.59 Å². The largest absolute Gasteiger partial charge is 0.481 e. The molecule has 4 heteroatoms. The van der Waals surface area contributed by atoms with Gasteiger partial charge in [0.1, 0.15) is 12.0 Å². The summed E-state index contributed by atoms with van der Waals surface area (Å²) in [6.45, 7) is 1.90. The van der Waals surface area contributed by atoms with Crippen molar-refractivity contribution in [2.24, 2.45) is 10.8 Å². The van der Waals surface area contributed by atoms with E-state index in [4.69, 9.17) is 9.84 Å². The van der Waals surface area contributed by atoms with Crippen molar-refractivity contribution in [3.05, 3.63) is 0 Å². The van der Waals surface area contributed by atoms with Crippen LogP contribution in [0.25, 0.3) is 0 Å². The lowest BCUT2D eigenvalue weighted by Crippen LogP contribution is -2.23. The lowest BCUT2D eigenvalue weighted by atomic mass is 9.93. The number of carbonyl (C=O) groups excluding carboxylic acids is 1. The van der Waals surface area contributed by atoms with Crippen molar-refractivity contribution < 1.29 is 19.4 Å². The number of hydrogen-bond donors (Lipinski definition) is 1. The smallest absolute Gasteiger partial charge is 0.314 e. The van der Waals surface area contributed by atoms with Crippen LogP contribution >= 0.6 is 0 Å². The van der Waals surface area contributed by atoms with E-state index >= 15 is 0 Å². The molecule has 2 fully saturated rings. The number of rotatable bonds is 2. The molecule has 0 aromatic carbocycles. The average Bonchev–Trinajstić information content (AvgIpc) is 2.65. The summed E-state index contributed by atoms with van der Waals surface area (Å²) in [7, 11) is 0. The van der Waals surface area contributed by atoms with Crippen molar-refractivity contribution in [3.8, 4) is 0 Å². The predicted molar refractivity (Wildman–Crippen MR) is 38.4 cm³/mol. The lowest BCUT2D eigenvalue weighted by molar-refractivity contribution is -0.144. The van der Waals surface area contributed by atoms with Crippen LogP contribution in [-0.4, -0.2) is 23.7 Å². The van der Waals surface area contributed by atoms with Gasteiger partial charge in [-0.2, -0.15) is 0 Å². The third kappa shape index (κ3) is 0.519. The zero-order valence-electron chi connectivity index (χ0n) is 6.79. The van der Waals surface area contributed by atoms with E-state index in [1.54, 1.807) is 0 Å². The second kappa shape index (κ2) is 1.81. The van der Waals surface area contributed by atoms with Gasteiger partial charge >= 0.3 is 11.9 Å². The Kier molecular flexibility index (Phi) is 1.14. The minimum Gasteiger partial charge on any atom is -0.481 e. The molecule has 0 aromatic rings. The van der Waals surface area contributed by atoms with E-state index in [1.165, 1.54) is 0 Å². The molecule has 2 rings (SSSR count). The van der Waals surface area contributed by atoms with Gasteiger partial charge < -0.3 is 9.84 Å². The Labute approximate surface area is 69.5 Å². The Morgan fingerprint density at radius 3 is 2.75 bits per heavy atom. The molecule has 2 atom stereocenters. The van der Waals surface area contributed by atoms with Crippen LogP contribution in [-0.2, 0) is 14.3 Å². The molecule has 12 heavy (non-hydrogen) atoms. The SMILES string of the molecule is CCC12CC1(C(=O)O)COC2=O. The first-order valence-electron chi connectivity index (χ1n) is 4.00. The van der Waals surface area contributed by atoms with Gasteiger partial charge in [-0.25, -0.2) is 0 Å². The molecule has 0 bridgehead atoms. The number of carbonyl (C=O) groups is 2. The average molecular weight is 170 g/mol. The van der Waals surface area contributed by atoms with E-state index in [-0.39, 0.29) is 12.6 Å². The zero-order chi connectivity index (χ0) is 8.98. The Morgan fingerprint density at radius 2 is 2.42 bits per heavy atom. The molecule has 0 amide bonds. The zero-order valence-corrected chi connectivity index (χ0v) is 6.79. The summed E-state index contributed by atoms with van der Waals surface area (Å²) in [5, 5.41) is 8.90. The summed E-state index contributed by atoms with van der Waals surface area (Å²) in [5.41, 5.74) is -1.56. The molecule has 2 unspecified atom stereocenters. The molecule has 0 aromatic heterocycles. The number of carboxylic acid groups (broad SMARTS) is 1. The fourth-order valence-corrected chi connectivity index (χ4v) is 2.20. The maximum Gasteiger partial charge on any atom is 0.314 e. The van der Waals surface area contributed by atoms with Gasteiger partial charge in [-0.15, -0.1) is 0 Å². The molecule has 4 nitrogen and oxygen atoms in total. The highest BCUT2D eigenvalue weighted by Gasteiger charge is 2.80. The normalized spacial score (nSPS) is 43.6. The van der Waals surface area contributed by atoms with E-state index in [1.807, 2.05) is 6.92 Å². The topological polar surface area (TPSA) is 63.6 Å². The van der Waals surface area contributed by atoms with Crippen LogP contribution in [0.3, 0.4) is 0 Å². The molecule has 0 spiro atoms. The Balaban J connectivity index is 2.36. The summed E-state index contributed by atoms with van der Waals surface area (Å²) in [6, 6.07) is 0. The molecule has 1 aliphatic carbocycles. The first-order chi connectivity index (χ1) is 5.59. The fourth-order valence-electron chi connectivity index (χ4n) is 2.20. The molecule has 66 valence electrons. The summed E-state index contributed by atoms with van der Waals surface area (Å²) < 4.78 is 4.75. The third-order valence-electron chi connectivity index (χ3n) is 3.25. The third-order valence-corrected chi connectivity index (χ3v) is 3.25. The number of esters is 1. The number of carboxylic acids is 1. The standard InChI is InChI=1S/C8H10O4/c1-2-7-3-8(7,5(9)10)4-12-6(7)11/h2-4H2,1H3,(H,9,10). The molecule has 0 radical (unpaired) electrons. The number of fused-ring (bicyclic) bond motifs is 1. The Bertz CT molecular complexity index is 270. The van der Waals surface area contributed by atoms with Gasteiger partial charge in [0, 0.05) is 0 Å². The van der Waals surface area contributed by atoms with Crippen molar-refractivity contribution in [1.29, 1.82) is 0 Å². The van der Waals surface area contributed by atoms with Crippen molar-refractivity contribution in [1.82, 2.24) is 0 Å². The molecule has 1 aliphatic heterocycles. The minimum atomic E-state index is -0.893. The van der Waals surface area contributed by atoms with Gasteiger partial charge in [0.05, 0.1) is 5.41 Å². The van der Waals surface area contributed by atoms with Crippen molar-refractivity contribution in [3.63, 3.8) is 0 Å². The van der Waals surface area contributed by atoms with Gasteiger partial charge in [0.15, 0.2) is 0 Å².